The Kier molecular flexibility index (Phi) is 3.66. The van der Waals surface area contributed by atoms with E-state index in [4.69, 9.17) is 28.4 Å². The van der Waals surface area contributed by atoms with Crippen molar-refractivity contribution in [2.75, 3.05) is 5.88 Å². The van der Waals surface area contributed by atoms with Crippen molar-refractivity contribution in [1.29, 1.82) is 0 Å². The van der Waals surface area contributed by atoms with Gasteiger partial charge >= 0.3 is 0 Å². The van der Waals surface area contributed by atoms with Crippen molar-refractivity contribution in [3.8, 4) is 5.69 Å². The number of hydrogen-bond donors (Lipinski definition) is 1. The Morgan fingerprint density at radius 3 is 2.76 bits per heavy atom. The number of hydrogen-bond acceptors (Lipinski definition) is 3. The molecule has 2 rings (SSSR count). The molecule has 0 amide bonds. The number of halogens is 2. The summed E-state index contributed by atoms with van der Waals surface area (Å²) in [4.78, 5) is 3.94. The Morgan fingerprint density at radius 1 is 1.41 bits per heavy atom. The maximum Gasteiger partial charge on any atom is 0.147 e. The fourth-order valence-electron chi connectivity index (χ4n) is 1.53. The van der Waals surface area contributed by atoms with Gasteiger partial charge in [0.25, 0.3) is 0 Å². The molecule has 4 nitrogen and oxygen atoms in total. The summed E-state index contributed by atoms with van der Waals surface area (Å²) in [5.41, 5.74) is 1.94. The second-order valence-corrected chi connectivity index (χ2v) is 3.96. The average Bonchev–Trinajstić information content (AvgIpc) is 2.78. The van der Waals surface area contributed by atoms with Crippen LogP contribution < -0.4 is 0 Å². The van der Waals surface area contributed by atoms with E-state index in [0.717, 1.165) is 11.3 Å². The van der Waals surface area contributed by atoms with Crippen LogP contribution in [-0.4, -0.2) is 26.4 Å². The fraction of sp³-hybridized carbons (Fsp3) is 0.0909. The molecule has 1 N–H and O–H groups in total. The monoisotopic (exact) mass is 269 g/mol. The van der Waals surface area contributed by atoms with Crippen LogP contribution in [0.2, 0.25) is 5.15 Å². The maximum atomic E-state index is 8.91. The topological polar surface area (TPSA) is 50.4 Å². The predicted octanol–water partition coefficient (Wildman–Crippen LogP) is 2.94. The highest BCUT2D eigenvalue weighted by atomic mass is 35.5. The zero-order chi connectivity index (χ0) is 12.3. The van der Waals surface area contributed by atoms with Gasteiger partial charge in [-0.1, -0.05) is 35.0 Å². The minimum Gasteiger partial charge on any atom is -0.411 e. The zero-order valence-electron chi connectivity index (χ0n) is 8.72. The molecule has 0 saturated heterocycles. The summed E-state index contributed by atoms with van der Waals surface area (Å²) in [6.45, 7) is 0. The third-order valence-electron chi connectivity index (χ3n) is 2.29. The Bertz CT molecular complexity index is 551. The number of alkyl halides is 1. The van der Waals surface area contributed by atoms with Crippen LogP contribution in [0.5, 0.6) is 0 Å². The molecule has 0 aliphatic rings. The Labute approximate surface area is 108 Å². The number of para-hydroxylation sites is 1. The lowest BCUT2D eigenvalue weighted by Crippen LogP contribution is -2.07. The number of nitrogens with zero attached hydrogens (tertiary/aromatic N) is 3. The van der Waals surface area contributed by atoms with Gasteiger partial charge in [0.2, 0.25) is 0 Å². The van der Waals surface area contributed by atoms with Crippen molar-refractivity contribution < 1.29 is 5.21 Å². The van der Waals surface area contributed by atoms with E-state index in [2.05, 4.69) is 10.1 Å². The molecule has 0 saturated carbocycles. The molecule has 0 spiro atoms. The highest BCUT2D eigenvalue weighted by Crippen LogP contribution is 2.17. The SMILES string of the molecule is O/N=C(\CCl)c1ccccc1-n1cnc(Cl)c1. The number of aromatic nitrogens is 2. The van der Waals surface area contributed by atoms with E-state index in [1.54, 1.807) is 17.1 Å². The van der Waals surface area contributed by atoms with Gasteiger partial charge in [-0.3, -0.25) is 0 Å². The van der Waals surface area contributed by atoms with Crippen molar-refractivity contribution in [1.82, 2.24) is 9.55 Å². The minimum absolute atomic E-state index is 0.121. The van der Waals surface area contributed by atoms with Crippen molar-refractivity contribution in [3.63, 3.8) is 0 Å². The van der Waals surface area contributed by atoms with Crippen LogP contribution >= 0.6 is 23.2 Å². The van der Waals surface area contributed by atoms with Gasteiger partial charge in [0.05, 0.1) is 11.6 Å². The highest BCUT2D eigenvalue weighted by Gasteiger charge is 2.10. The van der Waals surface area contributed by atoms with Crippen molar-refractivity contribution >= 4 is 28.9 Å². The van der Waals surface area contributed by atoms with Gasteiger partial charge < -0.3 is 9.77 Å². The van der Waals surface area contributed by atoms with E-state index < -0.39 is 0 Å². The molecular weight excluding hydrogens is 261 g/mol. The van der Waals surface area contributed by atoms with Gasteiger partial charge in [0.15, 0.2) is 0 Å². The van der Waals surface area contributed by atoms with Crippen molar-refractivity contribution in [2.45, 2.75) is 0 Å². The first-order chi connectivity index (χ1) is 8.26. The number of rotatable bonds is 3. The number of oxime groups is 1. The summed E-state index contributed by atoms with van der Waals surface area (Å²) >= 11 is 11.5. The van der Waals surface area contributed by atoms with Crippen LogP contribution in [0.3, 0.4) is 0 Å². The smallest absolute Gasteiger partial charge is 0.147 e. The van der Waals surface area contributed by atoms with Gasteiger partial charge in [0, 0.05) is 11.8 Å². The van der Waals surface area contributed by atoms with Crippen LogP contribution in [0.4, 0.5) is 0 Å². The summed E-state index contributed by atoms with van der Waals surface area (Å²) < 4.78 is 1.75. The molecule has 0 bridgehead atoms. The molecule has 0 radical (unpaired) electrons. The molecule has 1 aromatic carbocycles. The molecule has 17 heavy (non-hydrogen) atoms. The molecule has 0 fully saturated rings. The second kappa shape index (κ2) is 5.21. The first-order valence-electron chi connectivity index (χ1n) is 4.82. The molecule has 0 unspecified atom stereocenters. The zero-order valence-corrected chi connectivity index (χ0v) is 10.2. The summed E-state index contributed by atoms with van der Waals surface area (Å²) in [5.74, 6) is 0.121. The van der Waals surface area contributed by atoms with Crippen LogP contribution in [0.15, 0.2) is 41.9 Å². The molecule has 1 heterocycles. The van der Waals surface area contributed by atoms with Crippen LogP contribution in [0, 0.1) is 0 Å². The van der Waals surface area contributed by atoms with E-state index >= 15 is 0 Å². The normalized spacial score (nSPS) is 11.8. The van der Waals surface area contributed by atoms with Gasteiger partial charge in [0.1, 0.15) is 17.2 Å². The molecular formula is C11H9Cl2N3O. The van der Waals surface area contributed by atoms with Gasteiger partial charge in [-0.15, -0.1) is 11.6 Å². The number of imidazole rings is 1. The summed E-state index contributed by atoms with van der Waals surface area (Å²) in [6, 6.07) is 7.40. The Morgan fingerprint density at radius 2 is 2.18 bits per heavy atom. The Balaban J connectivity index is 2.55. The molecule has 0 aliphatic heterocycles. The van der Waals surface area contributed by atoms with Crippen LogP contribution in [-0.2, 0) is 0 Å². The predicted molar refractivity (Wildman–Crippen MR) is 67.6 cm³/mol. The number of benzene rings is 1. The van der Waals surface area contributed by atoms with Crippen LogP contribution in [0.1, 0.15) is 5.56 Å². The molecule has 6 heteroatoms. The first-order valence-corrected chi connectivity index (χ1v) is 5.73. The largest absolute Gasteiger partial charge is 0.411 e. The lowest BCUT2D eigenvalue weighted by molar-refractivity contribution is 0.319. The van der Waals surface area contributed by atoms with Crippen LogP contribution in [0.25, 0.3) is 5.69 Å². The van der Waals surface area contributed by atoms with Gasteiger partial charge in [-0.25, -0.2) is 4.98 Å². The first kappa shape index (κ1) is 12.0. The molecule has 0 atom stereocenters. The third-order valence-corrected chi connectivity index (χ3v) is 2.74. The fourth-order valence-corrected chi connectivity index (χ4v) is 1.87. The Hall–Kier alpha value is -1.52. The van der Waals surface area contributed by atoms with E-state index in [0.29, 0.717) is 10.9 Å². The third kappa shape index (κ3) is 2.43. The van der Waals surface area contributed by atoms with Gasteiger partial charge in [-0.2, -0.15) is 0 Å². The van der Waals surface area contributed by atoms with E-state index in [-0.39, 0.29) is 5.88 Å². The lowest BCUT2D eigenvalue weighted by Gasteiger charge is -2.09. The summed E-state index contributed by atoms with van der Waals surface area (Å²) in [7, 11) is 0. The average molecular weight is 270 g/mol. The minimum atomic E-state index is 0.121. The highest BCUT2D eigenvalue weighted by molar-refractivity contribution is 6.32. The lowest BCUT2D eigenvalue weighted by atomic mass is 10.1. The van der Waals surface area contributed by atoms with Crippen molar-refractivity contribution in [2.24, 2.45) is 5.16 Å². The van der Waals surface area contributed by atoms with Crippen molar-refractivity contribution in [3.05, 3.63) is 47.5 Å². The molecule has 88 valence electrons. The summed E-state index contributed by atoms with van der Waals surface area (Å²) in [6.07, 6.45) is 3.26. The summed E-state index contributed by atoms with van der Waals surface area (Å²) in [5, 5.41) is 12.5. The van der Waals surface area contributed by atoms with E-state index in [1.807, 2.05) is 24.3 Å². The molecule has 1 aromatic heterocycles. The van der Waals surface area contributed by atoms with E-state index in [1.165, 1.54) is 0 Å². The molecule has 0 aliphatic carbocycles. The van der Waals surface area contributed by atoms with Gasteiger partial charge in [-0.05, 0) is 6.07 Å². The standard InChI is InChI=1S/C11H9Cl2N3O/c12-5-9(15-17)8-3-1-2-4-10(8)16-6-11(13)14-7-16/h1-4,6-7,17H,5H2/b15-9+. The molecule has 2 aromatic rings. The van der Waals surface area contributed by atoms with E-state index in [9.17, 15) is 0 Å². The quantitative estimate of drug-likeness (QED) is 0.403. The second-order valence-electron chi connectivity index (χ2n) is 3.30. The maximum absolute atomic E-state index is 8.91.